The predicted molar refractivity (Wildman–Crippen MR) is 118 cm³/mol. The Morgan fingerprint density at radius 2 is 2.09 bits per heavy atom. The van der Waals surface area contributed by atoms with Crippen molar-refractivity contribution in [2.75, 3.05) is 25.2 Å². The van der Waals surface area contributed by atoms with Gasteiger partial charge in [-0.1, -0.05) is 12.1 Å². The van der Waals surface area contributed by atoms with Crippen molar-refractivity contribution in [1.29, 1.82) is 0 Å². The number of anilines is 1. The highest BCUT2D eigenvalue weighted by molar-refractivity contribution is 6.00. The summed E-state index contributed by atoms with van der Waals surface area (Å²) in [6, 6.07) is 9.76. The van der Waals surface area contributed by atoms with Gasteiger partial charge in [-0.05, 0) is 35.4 Å². The number of carboxylic acids is 1. The second-order valence-corrected chi connectivity index (χ2v) is 7.70. The number of likely N-dealkylation sites (N-methyl/N-ethyl adjacent to an activating group) is 1. The maximum atomic E-state index is 13.7. The van der Waals surface area contributed by atoms with E-state index in [9.17, 15) is 18.8 Å². The maximum Gasteiger partial charge on any atom is 0.341 e. The molecule has 2 aromatic carbocycles. The first kappa shape index (κ1) is 22.8. The molecule has 0 saturated heterocycles. The lowest BCUT2D eigenvalue weighted by molar-refractivity contribution is -0.139. The molecule has 2 heterocycles. The number of benzene rings is 2. The van der Waals surface area contributed by atoms with Crippen molar-refractivity contribution in [3.8, 4) is 11.5 Å². The summed E-state index contributed by atoms with van der Waals surface area (Å²) < 4.78 is 25.7. The molecule has 0 saturated carbocycles. The number of aliphatic carboxylic acids is 1. The quantitative estimate of drug-likeness (QED) is 0.565. The standard InChI is InChI=1S/C23H21FN4O6/c1-27-18-9-16(33-12-20(29)30)5-6-19(18)34-11-17(22(27)31)21-14(10-28(26-21)23(25)32)7-13-3-2-4-15(24)8-13/h2-6,8-10,17H,7,11-12H2,1H3,(H2,25,32)(H,29,30)/t17-/m1/s1. The lowest BCUT2D eigenvalue weighted by atomic mass is 9.97. The zero-order valence-electron chi connectivity index (χ0n) is 18.1. The molecule has 3 aromatic rings. The topological polar surface area (TPSA) is 137 Å². The smallest absolute Gasteiger partial charge is 0.341 e. The molecular formula is C23H21FN4O6. The number of amides is 2. The van der Waals surface area contributed by atoms with Gasteiger partial charge in [0.25, 0.3) is 0 Å². The van der Waals surface area contributed by atoms with E-state index in [0.717, 1.165) is 4.68 Å². The number of rotatable bonds is 6. The molecule has 1 aliphatic heterocycles. The van der Waals surface area contributed by atoms with Gasteiger partial charge in [0.1, 0.15) is 29.8 Å². The number of ether oxygens (including phenoxy) is 2. The zero-order valence-corrected chi connectivity index (χ0v) is 18.1. The van der Waals surface area contributed by atoms with Crippen LogP contribution in [0.3, 0.4) is 0 Å². The largest absolute Gasteiger partial charge is 0.490 e. The first-order chi connectivity index (χ1) is 16.2. The Balaban J connectivity index is 1.67. The third kappa shape index (κ3) is 4.68. The summed E-state index contributed by atoms with van der Waals surface area (Å²) in [5.41, 5.74) is 7.22. The van der Waals surface area contributed by atoms with Crippen molar-refractivity contribution in [3.05, 3.63) is 71.3 Å². The summed E-state index contributed by atoms with van der Waals surface area (Å²) in [6.45, 7) is -0.606. The molecule has 1 aromatic heterocycles. The Labute approximate surface area is 193 Å². The molecule has 0 spiro atoms. The molecule has 1 aliphatic rings. The monoisotopic (exact) mass is 468 g/mol. The summed E-state index contributed by atoms with van der Waals surface area (Å²) in [4.78, 5) is 37.3. The first-order valence-electron chi connectivity index (χ1n) is 10.2. The number of carbonyl (C=O) groups excluding carboxylic acids is 2. The van der Waals surface area contributed by atoms with E-state index >= 15 is 0 Å². The number of halogens is 1. The number of carbonyl (C=O) groups is 3. The van der Waals surface area contributed by atoms with E-state index in [1.165, 1.54) is 35.4 Å². The summed E-state index contributed by atoms with van der Waals surface area (Å²) in [6.07, 6.45) is 1.64. The van der Waals surface area contributed by atoms with Gasteiger partial charge >= 0.3 is 12.0 Å². The maximum absolute atomic E-state index is 13.7. The molecule has 0 bridgehead atoms. The van der Waals surface area contributed by atoms with Gasteiger partial charge in [0, 0.05) is 25.7 Å². The number of primary amides is 1. The Hall–Kier alpha value is -4.41. The molecule has 3 N–H and O–H groups in total. The number of nitrogens with zero attached hydrogens (tertiary/aromatic N) is 3. The number of nitrogens with two attached hydrogens (primary N) is 1. The van der Waals surface area contributed by atoms with Crippen LogP contribution in [0.15, 0.2) is 48.7 Å². The van der Waals surface area contributed by atoms with Gasteiger partial charge in [-0.2, -0.15) is 9.78 Å². The fourth-order valence-electron chi connectivity index (χ4n) is 3.74. The summed E-state index contributed by atoms with van der Waals surface area (Å²) >= 11 is 0. The molecule has 34 heavy (non-hydrogen) atoms. The van der Waals surface area contributed by atoms with Gasteiger partial charge in [0.15, 0.2) is 6.61 Å². The lowest BCUT2D eigenvalue weighted by Gasteiger charge is -2.20. The molecule has 2 amide bonds. The first-order valence-corrected chi connectivity index (χ1v) is 10.2. The molecule has 0 radical (unpaired) electrons. The molecule has 4 rings (SSSR count). The molecule has 1 atom stereocenters. The fraction of sp³-hybridized carbons (Fsp3) is 0.217. The van der Waals surface area contributed by atoms with Crippen molar-refractivity contribution in [2.24, 2.45) is 5.73 Å². The van der Waals surface area contributed by atoms with E-state index in [2.05, 4.69) is 5.10 Å². The van der Waals surface area contributed by atoms with E-state index in [0.29, 0.717) is 22.6 Å². The summed E-state index contributed by atoms with van der Waals surface area (Å²) in [5.74, 6) is -2.15. The van der Waals surface area contributed by atoms with Gasteiger partial charge in [-0.25, -0.2) is 14.0 Å². The van der Waals surface area contributed by atoms with Crippen LogP contribution in [0.25, 0.3) is 0 Å². The van der Waals surface area contributed by atoms with Crippen LogP contribution in [0, 0.1) is 5.82 Å². The number of carboxylic acid groups (broad SMARTS) is 1. The second-order valence-electron chi connectivity index (χ2n) is 7.70. The molecule has 0 aliphatic carbocycles. The van der Waals surface area contributed by atoms with Crippen LogP contribution in [0.1, 0.15) is 22.7 Å². The van der Waals surface area contributed by atoms with Crippen molar-refractivity contribution in [3.63, 3.8) is 0 Å². The summed E-state index contributed by atoms with van der Waals surface area (Å²) in [7, 11) is 1.54. The number of hydrogen-bond donors (Lipinski definition) is 2. The predicted octanol–water partition coefficient (Wildman–Crippen LogP) is 2.14. The fourth-order valence-corrected chi connectivity index (χ4v) is 3.74. The van der Waals surface area contributed by atoms with E-state index < -0.39 is 30.3 Å². The lowest BCUT2D eigenvalue weighted by Crippen LogP contribution is -2.33. The van der Waals surface area contributed by atoms with Crippen molar-refractivity contribution >= 4 is 23.6 Å². The average molecular weight is 468 g/mol. The molecule has 0 unspecified atom stereocenters. The van der Waals surface area contributed by atoms with Crippen LogP contribution in [-0.2, 0) is 16.0 Å². The number of fused-ring (bicyclic) bond motifs is 1. The molecule has 0 fully saturated rings. The second kappa shape index (κ2) is 9.22. The highest BCUT2D eigenvalue weighted by Crippen LogP contribution is 2.37. The van der Waals surface area contributed by atoms with E-state index in [1.54, 1.807) is 25.2 Å². The van der Waals surface area contributed by atoms with Gasteiger partial charge in [0.2, 0.25) is 5.91 Å². The number of aromatic nitrogens is 2. The minimum absolute atomic E-state index is 0.0720. The van der Waals surface area contributed by atoms with E-state index in [4.69, 9.17) is 20.3 Å². The van der Waals surface area contributed by atoms with Gasteiger partial charge in [-0.3, -0.25) is 4.79 Å². The molecular weight excluding hydrogens is 447 g/mol. The molecule has 176 valence electrons. The Kier molecular flexibility index (Phi) is 6.17. The Morgan fingerprint density at radius 1 is 1.29 bits per heavy atom. The minimum atomic E-state index is -1.13. The van der Waals surface area contributed by atoms with Gasteiger partial charge in [0.05, 0.1) is 11.4 Å². The zero-order chi connectivity index (χ0) is 24.4. The van der Waals surface area contributed by atoms with Crippen LogP contribution in [0.5, 0.6) is 11.5 Å². The molecule has 11 heteroatoms. The van der Waals surface area contributed by atoms with E-state index in [1.807, 2.05) is 0 Å². The van der Waals surface area contributed by atoms with Crippen LogP contribution in [0.4, 0.5) is 14.9 Å². The number of hydrogen-bond acceptors (Lipinski definition) is 6. The SMILES string of the molecule is CN1C(=O)[C@@H](c2nn(C(N)=O)cc2Cc2cccc(F)c2)COc2ccc(OCC(=O)O)cc21. The molecule has 10 nitrogen and oxygen atoms in total. The highest BCUT2D eigenvalue weighted by atomic mass is 19.1. The third-order valence-electron chi connectivity index (χ3n) is 5.35. The van der Waals surface area contributed by atoms with Gasteiger partial charge < -0.3 is 25.2 Å². The van der Waals surface area contributed by atoms with Gasteiger partial charge in [-0.15, -0.1) is 0 Å². The Bertz CT molecular complexity index is 1270. The Morgan fingerprint density at radius 3 is 2.79 bits per heavy atom. The van der Waals surface area contributed by atoms with Crippen LogP contribution in [-0.4, -0.2) is 53.1 Å². The third-order valence-corrected chi connectivity index (χ3v) is 5.35. The van der Waals surface area contributed by atoms with Crippen LogP contribution < -0.4 is 20.1 Å². The summed E-state index contributed by atoms with van der Waals surface area (Å²) in [5, 5.41) is 13.1. The minimum Gasteiger partial charge on any atom is -0.490 e. The average Bonchev–Trinajstić information content (AvgIpc) is 3.16. The highest BCUT2D eigenvalue weighted by Gasteiger charge is 2.34. The van der Waals surface area contributed by atoms with Crippen LogP contribution in [0.2, 0.25) is 0 Å². The van der Waals surface area contributed by atoms with Crippen molar-refractivity contribution in [2.45, 2.75) is 12.3 Å². The normalized spacial score (nSPS) is 15.3. The van der Waals surface area contributed by atoms with E-state index in [-0.39, 0.29) is 30.4 Å². The van der Waals surface area contributed by atoms with Crippen molar-refractivity contribution < 1.29 is 33.4 Å². The van der Waals surface area contributed by atoms with Crippen LogP contribution >= 0.6 is 0 Å². The van der Waals surface area contributed by atoms with Crippen molar-refractivity contribution in [1.82, 2.24) is 9.78 Å².